The van der Waals surface area contributed by atoms with Crippen LogP contribution in [0.4, 0.5) is 0 Å². The fraction of sp³-hybridized carbons (Fsp3) is 0.923. The van der Waals surface area contributed by atoms with Crippen LogP contribution in [-0.2, 0) is 4.79 Å². The molecule has 2 saturated heterocycles. The lowest BCUT2D eigenvalue weighted by Crippen LogP contribution is -2.61. The first-order chi connectivity index (χ1) is 8.13. The average Bonchev–Trinajstić information content (AvgIpc) is 2.25. The maximum Gasteiger partial charge on any atom is 0.317 e. The molecule has 4 nitrogen and oxygen atoms in total. The molecule has 0 amide bonds. The van der Waals surface area contributed by atoms with Gasteiger partial charge in [-0.25, -0.2) is 0 Å². The van der Waals surface area contributed by atoms with Crippen molar-refractivity contribution in [2.45, 2.75) is 32.6 Å². The van der Waals surface area contributed by atoms with Crippen LogP contribution >= 0.6 is 0 Å². The van der Waals surface area contributed by atoms with Crippen molar-refractivity contribution in [2.75, 3.05) is 39.3 Å². The van der Waals surface area contributed by atoms with Gasteiger partial charge in [0.05, 0.1) is 6.54 Å². The van der Waals surface area contributed by atoms with Crippen LogP contribution in [0, 0.1) is 5.41 Å². The minimum atomic E-state index is -0.694. The standard InChI is InChI=1S/C13H24N2O2/c1-2-3-6-14-7-4-13(5-8-14)10-15(11-13)9-12(16)17/h2-11H2,1H3,(H,16,17). The van der Waals surface area contributed by atoms with Crippen LogP contribution in [0.15, 0.2) is 0 Å². The summed E-state index contributed by atoms with van der Waals surface area (Å²) in [5, 5.41) is 8.72. The van der Waals surface area contributed by atoms with Gasteiger partial charge in [-0.05, 0) is 44.3 Å². The second kappa shape index (κ2) is 5.36. The molecule has 2 aliphatic rings. The van der Waals surface area contributed by atoms with Crippen molar-refractivity contribution < 1.29 is 9.90 Å². The molecule has 2 rings (SSSR count). The third-order valence-corrected chi connectivity index (χ3v) is 4.22. The number of carboxylic acids is 1. The molecule has 2 aliphatic heterocycles. The predicted molar refractivity (Wildman–Crippen MR) is 67.1 cm³/mol. The topological polar surface area (TPSA) is 43.8 Å². The highest BCUT2D eigenvalue weighted by atomic mass is 16.4. The molecule has 1 spiro atoms. The number of aliphatic carboxylic acids is 1. The van der Waals surface area contributed by atoms with Crippen LogP contribution in [-0.4, -0.2) is 60.1 Å². The van der Waals surface area contributed by atoms with Crippen molar-refractivity contribution >= 4 is 5.97 Å². The smallest absolute Gasteiger partial charge is 0.317 e. The third-order valence-electron chi connectivity index (χ3n) is 4.22. The van der Waals surface area contributed by atoms with Crippen LogP contribution in [0.3, 0.4) is 0 Å². The van der Waals surface area contributed by atoms with E-state index in [2.05, 4.69) is 16.7 Å². The zero-order valence-electron chi connectivity index (χ0n) is 10.8. The first-order valence-electron chi connectivity index (χ1n) is 6.80. The summed E-state index contributed by atoms with van der Waals surface area (Å²) in [7, 11) is 0. The lowest BCUT2D eigenvalue weighted by atomic mass is 9.72. The number of rotatable bonds is 5. The number of hydrogen-bond donors (Lipinski definition) is 1. The number of piperidine rings is 1. The number of hydrogen-bond acceptors (Lipinski definition) is 3. The highest BCUT2D eigenvalue weighted by Gasteiger charge is 2.44. The van der Waals surface area contributed by atoms with E-state index in [4.69, 9.17) is 5.11 Å². The van der Waals surface area contributed by atoms with E-state index in [1.54, 1.807) is 0 Å². The molecule has 0 atom stereocenters. The van der Waals surface area contributed by atoms with Gasteiger partial charge in [-0.3, -0.25) is 9.69 Å². The predicted octanol–water partition coefficient (Wildman–Crippen LogP) is 1.27. The summed E-state index contributed by atoms with van der Waals surface area (Å²) in [6, 6.07) is 0. The van der Waals surface area contributed by atoms with Gasteiger partial charge in [0.15, 0.2) is 0 Å². The van der Waals surface area contributed by atoms with Gasteiger partial charge in [0.25, 0.3) is 0 Å². The second-order valence-electron chi connectivity index (χ2n) is 5.73. The Morgan fingerprint density at radius 3 is 2.41 bits per heavy atom. The van der Waals surface area contributed by atoms with Crippen molar-refractivity contribution in [3.63, 3.8) is 0 Å². The Labute approximate surface area is 104 Å². The summed E-state index contributed by atoms with van der Waals surface area (Å²) < 4.78 is 0. The summed E-state index contributed by atoms with van der Waals surface area (Å²) >= 11 is 0. The molecule has 0 radical (unpaired) electrons. The Morgan fingerprint density at radius 2 is 1.88 bits per heavy atom. The summed E-state index contributed by atoms with van der Waals surface area (Å²) in [6.45, 7) is 8.12. The molecule has 0 aromatic heterocycles. The number of unbranched alkanes of at least 4 members (excludes halogenated alkanes) is 1. The number of carboxylic acid groups (broad SMARTS) is 1. The van der Waals surface area contributed by atoms with Crippen molar-refractivity contribution in [2.24, 2.45) is 5.41 Å². The molecule has 1 N–H and O–H groups in total. The lowest BCUT2D eigenvalue weighted by Gasteiger charge is -2.53. The van der Waals surface area contributed by atoms with E-state index >= 15 is 0 Å². The molecule has 0 unspecified atom stereocenters. The van der Waals surface area contributed by atoms with Gasteiger partial charge in [-0.2, -0.15) is 0 Å². The van der Waals surface area contributed by atoms with E-state index in [1.165, 1.54) is 45.3 Å². The Bertz CT molecular complexity index is 265. The van der Waals surface area contributed by atoms with Crippen LogP contribution < -0.4 is 0 Å². The fourth-order valence-corrected chi connectivity index (χ4v) is 3.15. The quantitative estimate of drug-likeness (QED) is 0.786. The van der Waals surface area contributed by atoms with Crippen molar-refractivity contribution in [1.29, 1.82) is 0 Å². The summed E-state index contributed by atoms with van der Waals surface area (Å²) in [5.41, 5.74) is 0.457. The highest BCUT2D eigenvalue weighted by Crippen LogP contribution is 2.40. The van der Waals surface area contributed by atoms with E-state index in [-0.39, 0.29) is 6.54 Å². The molecular weight excluding hydrogens is 216 g/mol. The fourth-order valence-electron chi connectivity index (χ4n) is 3.15. The average molecular weight is 240 g/mol. The Kier molecular flexibility index (Phi) is 4.05. The van der Waals surface area contributed by atoms with E-state index in [0.717, 1.165) is 13.1 Å². The van der Waals surface area contributed by atoms with E-state index in [0.29, 0.717) is 5.41 Å². The summed E-state index contributed by atoms with van der Waals surface area (Å²) in [4.78, 5) is 15.2. The number of carbonyl (C=O) groups is 1. The number of likely N-dealkylation sites (tertiary alicyclic amines) is 2. The third kappa shape index (κ3) is 3.19. The molecule has 17 heavy (non-hydrogen) atoms. The molecule has 98 valence electrons. The van der Waals surface area contributed by atoms with Gasteiger partial charge >= 0.3 is 5.97 Å². The van der Waals surface area contributed by atoms with E-state index < -0.39 is 5.97 Å². The maximum atomic E-state index is 10.6. The lowest BCUT2D eigenvalue weighted by molar-refractivity contribution is -0.143. The van der Waals surface area contributed by atoms with Crippen LogP contribution in [0.2, 0.25) is 0 Å². The monoisotopic (exact) mass is 240 g/mol. The van der Waals surface area contributed by atoms with Gasteiger partial charge in [0.1, 0.15) is 0 Å². The minimum Gasteiger partial charge on any atom is -0.480 e. The van der Waals surface area contributed by atoms with Gasteiger partial charge in [-0.15, -0.1) is 0 Å². The maximum absolute atomic E-state index is 10.6. The summed E-state index contributed by atoms with van der Waals surface area (Å²) in [6.07, 6.45) is 5.09. The Morgan fingerprint density at radius 1 is 1.24 bits per heavy atom. The first-order valence-corrected chi connectivity index (χ1v) is 6.80. The van der Waals surface area contributed by atoms with E-state index in [9.17, 15) is 4.79 Å². The molecule has 0 saturated carbocycles. The molecule has 0 aliphatic carbocycles. The second-order valence-corrected chi connectivity index (χ2v) is 5.73. The SMILES string of the molecule is CCCCN1CCC2(CC1)CN(CC(=O)O)C2. The van der Waals surface area contributed by atoms with Crippen molar-refractivity contribution in [1.82, 2.24) is 9.80 Å². The van der Waals surface area contributed by atoms with Gasteiger partial charge in [0, 0.05) is 13.1 Å². The Balaban J connectivity index is 1.68. The molecule has 4 heteroatoms. The van der Waals surface area contributed by atoms with Gasteiger partial charge < -0.3 is 10.0 Å². The highest BCUT2D eigenvalue weighted by molar-refractivity contribution is 5.69. The van der Waals surface area contributed by atoms with Crippen LogP contribution in [0.25, 0.3) is 0 Å². The van der Waals surface area contributed by atoms with Gasteiger partial charge in [-0.1, -0.05) is 13.3 Å². The van der Waals surface area contributed by atoms with Crippen LogP contribution in [0.1, 0.15) is 32.6 Å². The van der Waals surface area contributed by atoms with Crippen molar-refractivity contribution in [3.05, 3.63) is 0 Å². The Hall–Kier alpha value is -0.610. The van der Waals surface area contributed by atoms with Crippen molar-refractivity contribution in [3.8, 4) is 0 Å². The molecule has 2 heterocycles. The van der Waals surface area contributed by atoms with Crippen LogP contribution in [0.5, 0.6) is 0 Å². The number of nitrogens with zero attached hydrogens (tertiary/aromatic N) is 2. The van der Waals surface area contributed by atoms with E-state index in [1.807, 2.05) is 0 Å². The van der Waals surface area contributed by atoms with Gasteiger partial charge in [0.2, 0.25) is 0 Å². The molecule has 2 fully saturated rings. The molecule has 0 bridgehead atoms. The minimum absolute atomic E-state index is 0.224. The largest absolute Gasteiger partial charge is 0.480 e. The summed E-state index contributed by atoms with van der Waals surface area (Å²) in [5.74, 6) is -0.694. The zero-order chi connectivity index (χ0) is 12.3. The first kappa shape index (κ1) is 12.8. The zero-order valence-corrected chi connectivity index (χ0v) is 10.8. The molecule has 0 aromatic carbocycles. The molecule has 0 aromatic rings. The normalized spacial score (nSPS) is 24.8. The molecular formula is C13H24N2O2.